The fourth-order valence-electron chi connectivity index (χ4n) is 1.03. The Bertz CT molecular complexity index is 363. The molecule has 74 valence electrons. The molecule has 0 aromatic heterocycles. The van der Waals surface area contributed by atoms with Gasteiger partial charge in [0.05, 0.1) is 7.11 Å². The second-order valence-corrected chi connectivity index (χ2v) is 2.66. The number of benzene rings is 1. The molecule has 1 N–H and O–H groups in total. The highest BCUT2D eigenvalue weighted by atomic mass is 16.5. The van der Waals surface area contributed by atoms with Gasteiger partial charge in [-0.1, -0.05) is 0 Å². The summed E-state index contributed by atoms with van der Waals surface area (Å²) >= 11 is 0. The number of carbonyl (C=O) groups is 1. The fourth-order valence-corrected chi connectivity index (χ4v) is 1.03. The molecule has 0 fully saturated rings. The summed E-state index contributed by atoms with van der Waals surface area (Å²) in [5, 5.41) is 5.34. The second kappa shape index (κ2) is 4.36. The third-order valence-electron chi connectivity index (χ3n) is 1.60. The smallest absolute Gasteiger partial charge is 0.221 e. The van der Waals surface area contributed by atoms with Crippen LogP contribution < -0.4 is 10.1 Å². The number of nitroso groups, excluding NO2 is 1. The monoisotopic (exact) mass is 194 g/mol. The summed E-state index contributed by atoms with van der Waals surface area (Å²) < 4.78 is 4.91. The van der Waals surface area contributed by atoms with E-state index in [2.05, 4.69) is 10.5 Å². The van der Waals surface area contributed by atoms with Gasteiger partial charge in [-0.3, -0.25) is 4.79 Å². The van der Waals surface area contributed by atoms with E-state index in [9.17, 15) is 9.70 Å². The Morgan fingerprint density at radius 3 is 2.71 bits per heavy atom. The molecule has 1 rings (SSSR count). The standard InChI is InChI=1S/C9H10N2O3/c1-6(12)10-7-3-4-8(11-13)9(5-7)14-2/h3-5H,1-2H3,(H,10,12). The maximum atomic E-state index is 10.7. The van der Waals surface area contributed by atoms with E-state index in [1.54, 1.807) is 6.07 Å². The number of methoxy groups -OCH3 is 1. The normalized spacial score (nSPS) is 9.29. The van der Waals surface area contributed by atoms with Crippen LogP contribution in [0.1, 0.15) is 6.92 Å². The average Bonchev–Trinajstić information content (AvgIpc) is 2.16. The molecule has 1 aromatic rings. The van der Waals surface area contributed by atoms with Crippen LogP contribution in [0.25, 0.3) is 0 Å². The molecule has 1 aromatic carbocycles. The molecule has 0 saturated heterocycles. The number of rotatable bonds is 3. The number of nitrogens with zero attached hydrogens (tertiary/aromatic N) is 1. The van der Waals surface area contributed by atoms with Crippen LogP contribution in [0.3, 0.4) is 0 Å². The highest BCUT2D eigenvalue weighted by Gasteiger charge is 2.04. The Balaban J connectivity index is 3.01. The third-order valence-corrected chi connectivity index (χ3v) is 1.60. The van der Waals surface area contributed by atoms with E-state index in [0.29, 0.717) is 11.4 Å². The zero-order chi connectivity index (χ0) is 10.6. The Kier molecular flexibility index (Phi) is 3.17. The highest BCUT2D eigenvalue weighted by Crippen LogP contribution is 2.29. The lowest BCUT2D eigenvalue weighted by Gasteiger charge is -2.05. The fraction of sp³-hybridized carbons (Fsp3) is 0.222. The van der Waals surface area contributed by atoms with Crippen LogP contribution in [0.4, 0.5) is 11.4 Å². The van der Waals surface area contributed by atoms with Crippen molar-refractivity contribution in [1.29, 1.82) is 0 Å². The van der Waals surface area contributed by atoms with Crippen molar-refractivity contribution in [3.05, 3.63) is 23.1 Å². The van der Waals surface area contributed by atoms with Crippen LogP contribution in [0.5, 0.6) is 5.75 Å². The van der Waals surface area contributed by atoms with Gasteiger partial charge >= 0.3 is 0 Å². The molecule has 0 atom stereocenters. The minimum atomic E-state index is -0.182. The van der Waals surface area contributed by atoms with E-state index in [1.807, 2.05) is 0 Å². The van der Waals surface area contributed by atoms with Crippen molar-refractivity contribution in [2.75, 3.05) is 12.4 Å². The van der Waals surface area contributed by atoms with Crippen molar-refractivity contribution >= 4 is 17.3 Å². The second-order valence-electron chi connectivity index (χ2n) is 2.66. The average molecular weight is 194 g/mol. The van der Waals surface area contributed by atoms with E-state index in [-0.39, 0.29) is 11.6 Å². The van der Waals surface area contributed by atoms with E-state index in [1.165, 1.54) is 26.2 Å². The maximum absolute atomic E-state index is 10.7. The molecular weight excluding hydrogens is 184 g/mol. The summed E-state index contributed by atoms with van der Waals surface area (Å²) in [5.41, 5.74) is 0.781. The van der Waals surface area contributed by atoms with Crippen LogP contribution in [-0.2, 0) is 4.79 Å². The molecule has 0 saturated carbocycles. The van der Waals surface area contributed by atoms with Crippen molar-refractivity contribution in [3.63, 3.8) is 0 Å². The topological polar surface area (TPSA) is 67.8 Å². The lowest BCUT2D eigenvalue weighted by molar-refractivity contribution is -0.114. The minimum absolute atomic E-state index is 0.182. The first kappa shape index (κ1) is 10.2. The quantitative estimate of drug-likeness (QED) is 0.748. The molecule has 0 unspecified atom stereocenters. The Morgan fingerprint density at radius 2 is 2.21 bits per heavy atom. The SMILES string of the molecule is COc1cc(NC(C)=O)ccc1N=O. The number of nitrogens with one attached hydrogen (secondary N) is 1. The van der Waals surface area contributed by atoms with Gasteiger partial charge in [-0.15, -0.1) is 4.91 Å². The molecule has 1 amide bonds. The van der Waals surface area contributed by atoms with Gasteiger partial charge in [0.2, 0.25) is 5.91 Å². The van der Waals surface area contributed by atoms with Crippen molar-refractivity contribution in [3.8, 4) is 5.75 Å². The van der Waals surface area contributed by atoms with E-state index >= 15 is 0 Å². The van der Waals surface area contributed by atoms with Crippen molar-refractivity contribution in [1.82, 2.24) is 0 Å². The van der Waals surface area contributed by atoms with Gasteiger partial charge in [0.25, 0.3) is 0 Å². The molecule has 0 heterocycles. The molecule has 5 heteroatoms. The summed E-state index contributed by atoms with van der Waals surface area (Å²) in [6.45, 7) is 1.40. The minimum Gasteiger partial charge on any atom is -0.494 e. The largest absolute Gasteiger partial charge is 0.494 e. The van der Waals surface area contributed by atoms with Gasteiger partial charge in [0.1, 0.15) is 11.4 Å². The van der Waals surface area contributed by atoms with Gasteiger partial charge in [-0.05, 0) is 17.3 Å². The first-order chi connectivity index (χ1) is 6.67. The molecule has 0 aliphatic carbocycles. The number of amides is 1. The number of carbonyl (C=O) groups excluding carboxylic acids is 1. The van der Waals surface area contributed by atoms with Crippen LogP contribution in [0.2, 0.25) is 0 Å². The molecule has 0 aliphatic heterocycles. The van der Waals surface area contributed by atoms with Gasteiger partial charge in [-0.2, -0.15) is 0 Å². The zero-order valence-electron chi connectivity index (χ0n) is 7.90. The molecular formula is C9H10N2O3. The number of hydrogen-bond donors (Lipinski definition) is 1. The molecule has 14 heavy (non-hydrogen) atoms. The van der Waals surface area contributed by atoms with E-state index < -0.39 is 0 Å². The number of anilines is 1. The molecule has 0 spiro atoms. The predicted molar refractivity (Wildman–Crippen MR) is 52.8 cm³/mol. The summed E-state index contributed by atoms with van der Waals surface area (Å²) in [6.07, 6.45) is 0. The van der Waals surface area contributed by atoms with Gasteiger partial charge in [-0.25, -0.2) is 0 Å². The Morgan fingerprint density at radius 1 is 1.50 bits per heavy atom. The predicted octanol–water partition coefficient (Wildman–Crippen LogP) is 2.05. The summed E-state index contributed by atoms with van der Waals surface area (Å²) in [5.74, 6) is 0.158. The lowest BCUT2D eigenvalue weighted by atomic mass is 10.2. The van der Waals surface area contributed by atoms with Gasteiger partial charge < -0.3 is 10.1 Å². The Labute approximate surface area is 81.0 Å². The van der Waals surface area contributed by atoms with Crippen LogP contribution in [0, 0.1) is 4.91 Å². The van der Waals surface area contributed by atoms with Crippen LogP contribution in [0.15, 0.2) is 23.4 Å². The molecule has 5 nitrogen and oxygen atoms in total. The van der Waals surface area contributed by atoms with Crippen LogP contribution >= 0.6 is 0 Å². The number of ether oxygens (including phenoxy) is 1. The summed E-state index contributed by atoms with van der Waals surface area (Å²) in [4.78, 5) is 21.0. The third kappa shape index (κ3) is 2.29. The first-order valence-electron chi connectivity index (χ1n) is 3.96. The van der Waals surface area contributed by atoms with Crippen molar-refractivity contribution in [2.24, 2.45) is 5.18 Å². The highest BCUT2D eigenvalue weighted by molar-refractivity contribution is 5.89. The summed E-state index contributed by atoms with van der Waals surface area (Å²) in [7, 11) is 1.43. The zero-order valence-corrected chi connectivity index (χ0v) is 7.90. The first-order valence-corrected chi connectivity index (χ1v) is 3.96. The van der Waals surface area contributed by atoms with Crippen LogP contribution in [-0.4, -0.2) is 13.0 Å². The molecule has 0 bridgehead atoms. The molecule has 0 aliphatic rings. The molecule has 0 radical (unpaired) electrons. The van der Waals surface area contributed by atoms with E-state index in [4.69, 9.17) is 4.74 Å². The van der Waals surface area contributed by atoms with Gasteiger partial charge in [0, 0.05) is 18.7 Å². The van der Waals surface area contributed by atoms with Gasteiger partial charge in [0.15, 0.2) is 0 Å². The number of hydrogen-bond acceptors (Lipinski definition) is 4. The Hall–Kier alpha value is -1.91. The summed E-state index contributed by atoms with van der Waals surface area (Å²) in [6, 6.07) is 4.61. The van der Waals surface area contributed by atoms with Crippen molar-refractivity contribution in [2.45, 2.75) is 6.92 Å². The maximum Gasteiger partial charge on any atom is 0.221 e. The lowest BCUT2D eigenvalue weighted by Crippen LogP contribution is -2.05. The van der Waals surface area contributed by atoms with Crippen molar-refractivity contribution < 1.29 is 9.53 Å². The van der Waals surface area contributed by atoms with E-state index in [0.717, 1.165) is 0 Å².